The monoisotopic (exact) mass is 144 g/mol. The zero-order chi connectivity index (χ0) is 8.41. The van der Waals surface area contributed by atoms with Crippen molar-refractivity contribution in [1.82, 2.24) is 10.2 Å². The Morgan fingerprint density at radius 1 is 1.20 bits per heavy atom. The molecule has 1 aromatic heterocycles. The van der Waals surface area contributed by atoms with Crippen LogP contribution in [0.1, 0.15) is 33.6 Å². The van der Waals surface area contributed by atoms with Gasteiger partial charge in [-0.2, -0.15) is 0 Å². The van der Waals surface area contributed by atoms with Crippen molar-refractivity contribution < 1.29 is 4.42 Å². The molecule has 0 atom stereocenters. The topological polar surface area (TPSA) is 38.9 Å². The first-order valence-electron chi connectivity index (χ1n) is 3.62. The number of aromatic nitrogens is 2. The van der Waals surface area contributed by atoms with Crippen LogP contribution < -0.4 is 0 Å². The van der Waals surface area contributed by atoms with E-state index in [4.69, 9.17) is 0 Å². The van der Waals surface area contributed by atoms with E-state index in [0.717, 1.165) is 0 Å². The first-order chi connectivity index (χ1) is 4.89. The molecule has 10 heavy (non-hydrogen) atoms. The molecule has 0 fully saturated rings. The number of aryl methyl sites for hydroxylation is 1. The highest BCUT2D eigenvalue weighted by Gasteiger charge is 1.79. The summed E-state index contributed by atoms with van der Waals surface area (Å²) in [7, 11) is 0. The van der Waals surface area contributed by atoms with E-state index >= 15 is 0 Å². The van der Waals surface area contributed by atoms with Crippen LogP contribution in [0, 0.1) is 6.92 Å². The molecule has 0 aliphatic carbocycles. The zero-order valence-electron chi connectivity index (χ0n) is 7.38. The molecule has 0 N–H and O–H groups in total. The van der Waals surface area contributed by atoms with Crippen LogP contribution in [0.4, 0.5) is 0 Å². The molecule has 60 valence electrons. The van der Waals surface area contributed by atoms with Gasteiger partial charge in [0.15, 0.2) is 0 Å². The van der Waals surface area contributed by atoms with Crippen molar-refractivity contribution >= 4 is 0 Å². The van der Waals surface area contributed by atoms with Crippen molar-refractivity contribution in [3.63, 3.8) is 0 Å². The second-order valence-corrected chi connectivity index (χ2v) is 0.958. The number of hydrogen-bond donors (Lipinski definition) is 0. The maximum absolute atomic E-state index is 4.61. The van der Waals surface area contributed by atoms with Gasteiger partial charge in [-0.15, -0.1) is 10.2 Å². The van der Waals surface area contributed by atoms with Crippen molar-refractivity contribution in [2.45, 2.75) is 34.6 Å². The Kier molecular flexibility index (Phi) is 13.1. The Morgan fingerprint density at radius 3 is 1.80 bits per heavy atom. The molecule has 0 saturated carbocycles. The van der Waals surface area contributed by atoms with Gasteiger partial charge in [0.25, 0.3) is 0 Å². The minimum absolute atomic E-state index is 0.606. The molecule has 0 aliphatic rings. The number of hydrogen-bond acceptors (Lipinski definition) is 3. The quantitative estimate of drug-likeness (QED) is 0.561. The van der Waals surface area contributed by atoms with E-state index < -0.39 is 0 Å². The molecule has 0 bridgehead atoms. The summed E-state index contributed by atoms with van der Waals surface area (Å²) in [6.45, 7) is 9.74. The molecule has 1 aromatic rings. The first kappa shape index (κ1) is 11.9. The van der Waals surface area contributed by atoms with Crippen LogP contribution in [-0.4, -0.2) is 10.2 Å². The predicted octanol–water partition coefficient (Wildman–Crippen LogP) is 2.43. The van der Waals surface area contributed by atoms with E-state index in [1.165, 1.54) is 6.39 Å². The molecule has 1 heterocycles. The van der Waals surface area contributed by atoms with Gasteiger partial charge in [-0.1, -0.05) is 27.7 Å². The lowest BCUT2D eigenvalue weighted by molar-refractivity contribution is 0.518. The van der Waals surface area contributed by atoms with Crippen molar-refractivity contribution in [3.8, 4) is 0 Å². The van der Waals surface area contributed by atoms with Gasteiger partial charge in [0.1, 0.15) is 0 Å². The molecule has 0 aromatic carbocycles. The van der Waals surface area contributed by atoms with Crippen LogP contribution in [0.3, 0.4) is 0 Å². The summed E-state index contributed by atoms with van der Waals surface area (Å²) in [4.78, 5) is 0. The number of rotatable bonds is 0. The lowest BCUT2D eigenvalue weighted by atomic mass is 10.8. The Labute approximate surface area is 62.5 Å². The Balaban J connectivity index is 0. The van der Waals surface area contributed by atoms with Gasteiger partial charge in [0, 0.05) is 6.92 Å². The second-order valence-electron chi connectivity index (χ2n) is 0.958. The number of nitrogens with zero attached hydrogens (tertiary/aromatic N) is 2. The van der Waals surface area contributed by atoms with Gasteiger partial charge in [-0.25, -0.2) is 0 Å². The lowest BCUT2D eigenvalue weighted by Crippen LogP contribution is -1.65. The van der Waals surface area contributed by atoms with Gasteiger partial charge in [0.2, 0.25) is 12.3 Å². The first-order valence-corrected chi connectivity index (χ1v) is 3.62. The average molecular weight is 144 g/mol. The molecule has 3 heteroatoms. The Bertz CT molecular complexity index is 115. The van der Waals surface area contributed by atoms with Gasteiger partial charge in [0.05, 0.1) is 0 Å². The average Bonchev–Trinajstić information content (AvgIpc) is 2.48. The molecular weight excluding hydrogens is 128 g/mol. The van der Waals surface area contributed by atoms with Gasteiger partial charge < -0.3 is 4.42 Å². The van der Waals surface area contributed by atoms with Gasteiger partial charge in [-0.05, 0) is 0 Å². The fourth-order valence-corrected chi connectivity index (χ4v) is 0.228. The Hall–Kier alpha value is -0.860. The molecular formula is C7H16N2O. The van der Waals surface area contributed by atoms with Crippen LogP contribution >= 0.6 is 0 Å². The fourth-order valence-electron chi connectivity index (χ4n) is 0.228. The van der Waals surface area contributed by atoms with E-state index in [0.29, 0.717) is 5.89 Å². The minimum atomic E-state index is 0.606. The van der Waals surface area contributed by atoms with Crippen LogP contribution in [0.15, 0.2) is 10.8 Å². The maximum Gasteiger partial charge on any atom is 0.213 e. The van der Waals surface area contributed by atoms with E-state index in [1.54, 1.807) is 6.92 Å². The molecule has 0 radical (unpaired) electrons. The van der Waals surface area contributed by atoms with Crippen LogP contribution in [0.2, 0.25) is 0 Å². The van der Waals surface area contributed by atoms with Crippen LogP contribution in [0.5, 0.6) is 0 Å². The maximum atomic E-state index is 4.61. The second kappa shape index (κ2) is 11.0. The summed E-state index contributed by atoms with van der Waals surface area (Å²) in [5, 5.41) is 6.91. The largest absolute Gasteiger partial charge is 0.428 e. The van der Waals surface area contributed by atoms with Crippen molar-refractivity contribution in [2.24, 2.45) is 0 Å². The summed E-state index contributed by atoms with van der Waals surface area (Å²) in [5.74, 6) is 0.606. The molecule has 0 unspecified atom stereocenters. The smallest absolute Gasteiger partial charge is 0.213 e. The van der Waals surface area contributed by atoms with Crippen molar-refractivity contribution in [3.05, 3.63) is 12.3 Å². The third-order valence-electron chi connectivity index (χ3n) is 0.469. The highest BCUT2D eigenvalue weighted by molar-refractivity contribution is 4.60. The summed E-state index contributed by atoms with van der Waals surface area (Å²) in [5.41, 5.74) is 0. The molecule has 3 nitrogen and oxygen atoms in total. The van der Waals surface area contributed by atoms with Crippen molar-refractivity contribution in [2.75, 3.05) is 0 Å². The van der Waals surface area contributed by atoms with Crippen LogP contribution in [0.25, 0.3) is 0 Å². The summed E-state index contributed by atoms with van der Waals surface area (Å²) in [6, 6.07) is 0. The SMILES string of the molecule is CC.CC.Cc1nnco1. The van der Waals surface area contributed by atoms with E-state index in [1.807, 2.05) is 27.7 Å². The molecule has 0 aliphatic heterocycles. The normalized spacial score (nSPS) is 6.50. The lowest BCUT2D eigenvalue weighted by Gasteiger charge is -1.63. The molecule has 0 amide bonds. The van der Waals surface area contributed by atoms with Crippen LogP contribution in [-0.2, 0) is 0 Å². The fraction of sp³-hybridized carbons (Fsp3) is 0.714. The molecule has 0 spiro atoms. The zero-order valence-corrected chi connectivity index (χ0v) is 7.38. The van der Waals surface area contributed by atoms with E-state index in [9.17, 15) is 0 Å². The highest BCUT2D eigenvalue weighted by atomic mass is 16.4. The third kappa shape index (κ3) is 7.14. The Morgan fingerprint density at radius 2 is 1.70 bits per heavy atom. The summed E-state index contributed by atoms with van der Waals surface area (Å²) >= 11 is 0. The molecule has 0 saturated heterocycles. The van der Waals surface area contributed by atoms with E-state index in [2.05, 4.69) is 14.6 Å². The standard InChI is InChI=1S/C3H4N2O.2C2H6/c1-3-5-4-2-6-3;2*1-2/h2H,1H3;2*1-2H3. The minimum Gasteiger partial charge on any atom is -0.428 e. The summed E-state index contributed by atoms with van der Waals surface area (Å²) < 4.78 is 4.61. The van der Waals surface area contributed by atoms with E-state index in [-0.39, 0.29) is 0 Å². The van der Waals surface area contributed by atoms with Gasteiger partial charge in [-0.3, -0.25) is 0 Å². The molecule has 1 rings (SSSR count). The highest BCUT2D eigenvalue weighted by Crippen LogP contribution is 1.82. The van der Waals surface area contributed by atoms with Crippen molar-refractivity contribution in [1.29, 1.82) is 0 Å². The summed E-state index contributed by atoms with van der Waals surface area (Å²) in [6.07, 6.45) is 1.30. The van der Waals surface area contributed by atoms with Gasteiger partial charge >= 0.3 is 0 Å². The predicted molar refractivity (Wildman–Crippen MR) is 41.7 cm³/mol. The third-order valence-corrected chi connectivity index (χ3v) is 0.469.